The highest BCUT2D eigenvalue weighted by atomic mass is 19.1. The van der Waals surface area contributed by atoms with E-state index in [1.807, 2.05) is 14.1 Å². The summed E-state index contributed by atoms with van der Waals surface area (Å²) in [6.07, 6.45) is 4.37. The van der Waals surface area contributed by atoms with Gasteiger partial charge in [-0.15, -0.1) is 0 Å². The van der Waals surface area contributed by atoms with Crippen LogP contribution in [0, 0.1) is 17.1 Å². The molecule has 0 aliphatic heterocycles. The van der Waals surface area contributed by atoms with Crippen molar-refractivity contribution in [3.8, 4) is 17.7 Å². The SMILES string of the molecule is C=C(/C=C(C#N)\C=C(/C)c1noc(-c2ccc(F)cn2)n1)N(C)C. The summed E-state index contributed by atoms with van der Waals surface area (Å²) < 4.78 is 18.0. The predicted molar refractivity (Wildman–Crippen MR) is 87.7 cm³/mol. The van der Waals surface area contributed by atoms with Gasteiger partial charge in [-0.2, -0.15) is 10.2 Å². The van der Waals surface area contributed by atoms with Crippen LogP contribution in [0.4, 0.5) is 4.39 Å². The first-order valence-corrected chi connectivity index (χ1v) is 7.03. The molecule has 0 saturated carbocycles. The quantitative estimate of drug-likeness (QED) is 0.620. The zero-order valence-electron chi connectivity index (χ0n) is 13.6. The number of pyridine rings is 1. The molecule has 0 bridgehead atoms. The standard InChI is InChI=1S/C17H16FN5O/c1-11(7-13(9-19)8-12(2)23(3)4)16-21-17(24-22-16)15-6-5-14(18)10-20-15/h5-8,10H,2H2,1,3-4H3/b11-7+,13-8+. The van der Waals surface area contributed by atoms with Crippen molar-refractivity contribution in [3.63, 3.8) is 0 Å². The fourth-order valence-electron chi connectivity index (χ4n) is 1.70. The van der Waals surface area contributed by atoms with E-state index in [0.717, 1.165) is 6.20 Å². The van der Waals surface area contributed by atoms with E-state index in [0.29, 0.717) is 28.4 Å². The maximum absolute atomic E-state index is 12.9. The van der Waals surface area contributed by atoms with Crippen LogP contribution in [-0.4, -0.2) is 34.1 Å². The summed E-state index contributed by atoms with van der Waals surface area (Å²) in [4.78, 5) is 9.90. The van der Waals surface area contributed by atoms with Crippen molar-refractivity contribution in [1.82, 2.24) is 20.0 Å². The van der Waals surface area contributed by atoms with Crippen LogP contribution in [0.25, 0.3) is 17.2 Å². The molecule has 0 aliphatic rings. The average molecular weight is 325 g/mol. The van der Waals surface area contributed by atoms with Crippen molar-refractivity contribution in [1.29, 1.82) is 5.26 Å². The van der Waals surface area contributed by atoms with Gasteiger partial charge in [0.2, 0.25) is 0 Å². The molecule has 0 spiro atoms. The summed E-state index contributed by atoms with van der Waals surface area (Å²) in [6.45, 7) is 5.61. The van der Waals surface area contributed by atoms with E-state index < -0.39 is 5.82 Å². The third kappa shape index (κ3) is 4.14. The lowest BCUT2D eigenvalue weighted by Crippen LogP contribution is -2.08. The minimum atomic E-state index is -0.445. The van der Waals surface area contributed by atoms with Gasteiger partial charge in [0.1, 0.15) is 11.5 Å². The Hall–Kier alpha value is -3.27. The smallest absolute Gasteiger partial charge is 0.276 e. The molecule has 2 rings (SSSR count). The van der Waals surface area contributed by atoms with Gasteiger partial charge in [-0.05, 0) is 36.8 Å². The first-order chi connectivity index (χ1) is 11.4. The van der Waals surface area contributed by atoms with E-state index >= 15 is 0 Å². The Balaban J connectivity index is 2.27. The second kappa shape index (κ2) is 7.33. The van der Waals surface area contributed by atoms with E-state index in [-0.39, 0.29) is 5.89 Å². The number of aromatic nitrogens is 3. The van der Waals surface area contributed by atoms with Crippen LogP contribution < -0.4 is 0 Å². The van der Waals surface area contributed by atoms with E-state index in [9.17, 15) is 9.65 Å². The van der Waals surface area contributed by atoms with Crippen LogP contribution in [0.2, 0.25) is 0 Å². The molecule has 24 heavy (non-hydrogen) atoms. The summed E-state index contributed by atoms with van der Waals surface area (Å²) in [7, 11) is 3.68. The van der Waals surface area contributed by atoms with E-state index in [2.05, 4.69) is 27.8 Å². The van der Waals surface area contributed by atoms with Crippen LogP contribution in [0.15, 0.2) is 52.9 Å². The topological polar surface area (TPSA) is 78.8 Å². The normalized spacial score (nSPS) is 12.0. The van der Waals surface area contributed by atoms with Gasteiger partial charge in [0.25, 0.3) is 5.89 Å². The van der Waals surface area contributed by atoms with Crippen molar-refractivity contribution >= 4 is 5.57 Å². The summed E-state index contributed by atoms with van der Waals surface area (Å²) in [5.74, 6) is 0.0603. The Morgan fingerprint density at radius 3 is 2.71 bits per heavy atom. The second-order valence-electron chi connectivity index (χ2n) is 5.21. The molecule has 2 heterocycles. The molecule has 0 radical (unpaired) electrons. The van der Waals surface area contributed by atoms with Crippen molar-refractivity contribution in [2.45, 2.75) is 6.92 Å². The summed E-state index contributed by atoms with van der Waals surface area (Å²) in [5, 5.41) is 13.1. The number of allylic oxidation sites excluding steroid dienone is 4. The maximum Gasteiger partial charge on any atom is 0.276 e. The molecule has 0 amide bonds. The summed E-state index contributed by atoms with van der Waals surface area (Å²) in [5.41, 5.74) is 2.13. The fraction of sp³-hybridized carbons (Fsp3) is 0.176. The zero-order chi connectivity index (χ0) is 17.7. The molecular weight excluding hydrogens is 309 g/mol. The van der Waals surface area contributed by atoms with Gasteiger partial charge in [-0.3, -0.25) is 0 Å². The molecule has 7 heteroatoms. The van der Waals surface area contributed by atoms with Crippen molar-refractivity contribution in [3.05, 3.63) is 60.0 Å². The van der Waals surface area contributed by atoms with Gasteiger partial charge in [0.05, 0.1) is 17.8 Å². The minimum Gasteiger partial charge on any atom is -0.378 e. The Kier molecular flexibility index (Phi) is 5.22. The van der Waals surface area contributed by atoms with Gasteiger partial charge < -0.3 is 9.42 Å². The van der Waals surface area contributed by atoms with Crippen LogP contribution in [0.5, 0.6) is 0 Å². The molecule has 122 valence electrons. The van der Waals surface area contributed by atoms with Gasteiger partial charge in [0.15, 0.2) is 5.82 Å². The number of halogens is 1. The lowest BCUT2D eigenvalue weighted by Gasteiger charge is -2.11. The Morgan fingerprint density at radius 1 is 1.38 bits per heavy atom. The molecule has 0 saturated heterocycles. The Bertz CT molecular complexity index is 841. The van der Waals surface area contributed by atoms with Crippen molar-refractivity contribution in [2.75, 3.05) is 14.1 Å². The fourth-order valence-corrected chi connectivity index (χ4v) is 1.70. The first kappa shape index (κ1) is 17.1. The van der Waals surface area contributed by atoms with Gasteiger partial charge in [-0.25, -0.2) is 9.37 Å². The molecule has 0 fully saturated rings. The summed E-state index contributed by atoms with van der Waals surface area (Å²) in [6, 6.07) is 4.80. The van der Waals surface area contributed by atoms with E-state index in [1.54, 1.807) is 24.0 Å². The maximum atomic E-state index is 12.9. The monoisotopic (exact) mass is 325 g/mol. The largest absolute Gasteiger partial charge is 0.378 e. The van der Waals surface area contributed by atoms with Gasteiger partial charge in [0, 0.05) is 19.8 Å². The lowest BCUT2D eigenvalue weighted by molar-refractivity contribution is 0.427. The molecule has 2 aromatic rings. The highest BCUT2D eigenvalue weighted by Gasteiger charge is 2.11. The number of nitriles is 1. The molecule has 2 aromatic heterocycles. The van der Waals surface area contributed by atoms with Gasteiger partial charge in [-0.1, -0.05) is 11.7 Å². The van der Waals surface area contributed by atoms with Crippen LogP contribution >= 0.6 is 0 Å². The van der Waals surface area contributed by atoms with Crippen molar-refractivity contribution in [2.24, 2.45) is 0 Å². The van der Waals surface area contributed by atoms with E-state index in [1.165, 1.54) is 12.1 Å². The highest BCUT2D eigenvalue weighted by molar-refractivity contribution is 5.64. The molecule has 0 atom stereocenters. The molecule has 0 N–H and O–H groups in total. The molecule has 0 unspecified atom stereocenters. The zero-order valence-corrected chi connectivity index (χ0v) is 13.6. The lowest BCUT2D eigenvalue weighted by atomic mass is 10.1. The number of likely N-dealkylation sites (N-methyl/N-ethyl adjacent to an activating group) is 1. The number of nitrogens with zero attached hydrogens (tertiary/aromatic N) is 5. The minimum absolute atomic E-state index is 0.179. The number of rotatable bonds is 5. The summed E-state index contributed by atoms with van der Waals surface area (Å²) >= 11 is 0. The molecule has 0 aromatic carbocycles. The van der Waals surface area contributed by atoms with Crippen LogP contribution in [-0.2, 0) is 0 Å². The highest BCUT2D eigenvalue weighted by Crippen LogP contribution is 2.19. The van der Waals surface area contributed by atoms with Crippen LogP contribution in [0.1, 0.15) is 12.7 Å². The van der Waals surface area contributed by atoms with E-state index in [4.69, 9.17) is 4.52 Å². The molecule has 6 nitrogen and oxygen atoms in total. The third-order valence-corrected chi connectivity index (χ3v) is 3.12. The number of hydrogen-bond acceptors (Lipinski definition) is 6. The number of hydrogen-bond donors (Lipinski definition) is 0. The Morgan fingerprint density at radius 2 is 2.12 bits per heavy atom. The third-order valence-electron chi connectivity index (χ3n) is 3.12. The average Bonchev–Trinajstić information content (AvgIpc) is 3.04. The Labute approximate surface area is 139 Å². The molecular formula is C17H16FN5O. The van der Waals surface area contributed by atoms with Crippen LogP contribution in [0.3, 0.4) is 0 Å². The predicted octanol–water partition coefficient (Wildman–Crippen LogP) is 3.20. The first-order valence-electron chi connectivity index (χ1n) is 7.03. The molecule has 0 aliphatic carbocycles. The second-order valence-corrected chi connectivity index (χ2v) is 5.21. The van der Waals surface area contributed by atoms with Crippen molar-refractivity contribution < 1.29 is 8.91 Å². The van der Waals surface area contributed by atoms with Gasteiger partial charge >= 0.3 is 0 Å².